The van der Waals surface area contributed by atoms with Crippen LogP contribution >= 0.6 is 11.6 Å². The number of rotatable bonds is 12. The third kappa shape index (κ3) is 7.75. The van der Waals surface area contributed by atoms with E-state index in [1.807, 2.05) is 20.8 Å². The Kier molecular flexibility index (Phi) is 11.0. The highest BCUT2D eigenvalue weighted by Gasteiger charge is 2.55. The number of nitrogens with zero attached hydrogens (tertiary/aromatic N) is 5. The molecule has 0 fully saturated rings. The van der Waals surface area contributed by atoms with Gasteiger partial charge >= 0.3 is 12.6 Å². The van der Waals surface area contributed by atoms with Crippen LogP contribution in [0.2, 0.25) is 5.02 Å². The Bertz CT molecular complexity index is 1890. The summed E-state index contributed by atoms with van der Waals surface area (Å²) in [6.45, 7) is 8.57. The van der Waals surface area contributed by atoms with Crippen LogP contribution in [0.4, 0.5) is 22.4 Å². The highest BCUT2D eigenvalue weighted by molar-refractivity contribution is 6.34. The van der Waals surface area contributed by atoms with Gasteiger partial charge in [0.25, 0.3) is 12.3 Å². The maximum absolute atomic E-state index is 14.9. The number of hydrogen-bond acceptors (Lipinski definition) is 7. The smallest absolute Gasteiger partial charge is 0.407 e. The highest BCUT2D eigenvalue weighted by atomic mass is 35.5. The van der Waals surface area contributed by atoms with Gasteiger partial charge in [-0.2, -0.15) is 13.9 Å². The van der Waals surface area contributed by atoms with E-state index < -0.39 is 54.1 Å². The Hall–Kier alpha value is -5.25. The van der Waals surface area contributed by atoms with E-state index in [0.717, 1.165) is 18.7 Å². The van der Waals surface area contributed by atoms with Gasteiger partial charge in [0.1, 0.15) is 18.8 Å². The quantitative estimate of drug-likeness (QED) is 0.0727. The van der Waals surface area contributed by atoms with Crippen molar-refractivity contribution in [1.82, 2.24) is 20.0 Å². The van der Waals surface area contributed by atoms with Gasteiger partial charge < -0.3 is 21.5 Å². The minimum absolute atomic E-state index is 0.128. The summed E-state index contributed by atoms with van der Waals surface area (Å²) in [6.07, 6.45) is -0.930. The maximum Gasteiger partial charge on any atom is 0.407 e. The van der Waals surface area contributed by atoms with E-state index >= 15 is 0 Å². The Morgan fingerprint density at radius 3 is 2.33 bits per heavy atom. The fourth-order valence-corrected chi connectivity index (χ4v) is 5.58. The average molecular weight is 732 g/mol. The first-order chi connectivity index (χ1) is 23.7. The van der Waals surface area contributed by atoms with Crippen molar-refractivity contribution in [2.24, 2.45) is 26.9 Å². The number of carbonyl (C=O) groups excluding carboxylic acids is 2. The summed E-state index contributed by atoms with van der Waals surface area (Å²) in [5.74, 6) is -1.10. The van der Waals surface area contributed by atoms with Gasteiger partial charge in [-0.15, -0.1) is 0 Å². The van der Waals surface area contributed by atoms with E-state index in [4.69, 9.17) is 38.2 Å². The number of amides is 2. The van der Waals surface area contributed by atoms with Crippen LogP contribution in [-0.2, 0) is 15.1 Å². The van der Waals surface area contributed by atoms with E-state index in [0.29, 0.717) is 33.3 Å². The van der Waals surface area contributed by atoms with Crippen LogP contribution in [0.5, 0.6) is 0 Å². The summed E-state index contributed by atoms with van der Waals surface area (Å²) in [7, 11) is 0. The molecular weight excluding hydrogens is 694 g/mol. The number of carbonyl (C=O) groups is 2. The zero-order chi connectivity index (χ0) is 38.1. The summed E-state index contributed by atoms with van der Waals surface area (Å²) in [5.41, 5.74) is 10.2. The molecule has 17 heteroatoms. The fraction of sp³-hybridized carbons (Fsp3) is 0.353. The lowest BCUT2D eigenvalue weighted by atomic mass is 9.71. The van der Waals surface area contributed by atoms with Gasteiger partial charge in [-0.25, -0.2) is 28.2 Å². The molecule has 272 valence electrons. The molecule has 3 aromatic rings. The molecule has 2 atom stereocenters. The number of alkyl halides is 4. The SMILES string of the molecule is C=C(C(C)(C)C)[C@]1(c2ccc(-c3cnn(C(F)F)c3)cc2)N=C(N)N([C@H](COC(=O)NC(C)(C)C(F)F)c2ccc(Cl)c(C(N)=NC=N)c2)C1=O. The summed E-state index contributed by atoms with van der Waals surface area (Å²) in [4.78, 5) is 37.3. The minimum Gasteiger partial charge on any atom is -0.447 e. The van der Waals surface area contributed by atoms with Crippen molar-refractivity contribution in [1.29, 1.82) is 5.41 Å². The molecule has 0 saturated heterocycles. The molecule has 0 saturated carbocycles. The lowest BCUT2D eigenvalue weighted by Gasteiger charge is -2.37. The van der Waals surface area contributed by atoms with Crippen molar-refractivity contribution in [3.05, 3.63) is 88.7 Å². The number of ether oxygens (including phenoxy) is 1. The van der Waals surface area contributed by atoms with E-state index in [-0.39, 0.29) is 27.9 Å². The summed E-state index contributed by atoms with van der Waals surface area (Å²) in [5, 5.41) is 13.3. The second kappa shape index (κ2) is 14.5. The van der Waals surface area contributed by atoms with Crippen LogP contribution in [0.25, 0.3) is 11.1 Å². The molecule has 2 aromatic carbocycles. The van der Waals surface area contributed by atoms with Crippen LogP contribution in [-0.4, -0.2) is 63.4 Å². The molecule has 0 spiro atoms. The number of aromatic nitrogens is 2. The zero-order valence-corrected chi connectivity index (χ0v) is 29.2. The number of nitrogens with two attached hydrogens (primary N) is 2. The number of nitrogens with one attached hydrogen (secondary N) is 2. The molecule has 0 aliphatic carbocycles. The zero-order valence-electron chi connectivity index (χ0n) is 28.4. The van der Waals surface area contributed by atoms with E-state index in [9.17, 15) is 27.2 Å². The maximum atomic E-state index is 14.9. The first-order valence-electron chi connectivity index (χ1n) is 15.4. The molecule has 12 nitrogen and oxygen atoms in total. The van der Waals surface area contributed by atoms with Gasteiger partial charge in [-0.1, -0.05) is 69.3 Å². The van der Waals surface area contributed by atoms with Crippen LogP contribution < -0.4 is 16.8 Å². The third-order valence-electron chi connectivity index (χ3n) is 8.35. The molecule has 1 aliphatic rings. The van der Waals surface area contributed by atoms with Crippen molar-refractivity contribution in [3.8, 4) is 11.1 Å². The van der Waals surface area contributed by atoms with Crippen LogP contribution in [0.3, 0.4) is 0 Å². The van der Waals surface area contributed by atoms with E-state index in [1.54, 1.807) is 24.3 Å². The van der Waals surface area contributed by atoms with E-state index in [1.165, 1.54) is 30.6 Å². The van der Waals surface area contributed by atoms with Gasteiger partial charge in [0.15, 0.2) is 5.54 Å². The summed E-state index contributed by atoms with van der Waals surface area (Å²) in [6, 6.07) is 9.66. The largest absolute Gasteiger partial charge is 0.447 e. The summed E-state index contributed by atoms with van der Waals surface area (Å²) >= 11 is 6.38. The molecule has 2 amide bonds. The second-order valence-corrected chi connectivity index (χ2v) is 13.7. The van der Waals surface area contributed by atoms with Crippen molar-refractivity contribution >= 4 is 41.7 Å². The average Bonchev–Trinajstić information content (AvgIpc) is 3.65. The molecule has 6 N–H and O–H groups in total. The Morgan fingerprint density at radius 2 is 1.78 bits per heavy atom. The number of amidine groups is 1. The lowest BCUT2D eigenvalue weighted by molar-refractivity contribution is -0.133. The predicted octanol–water partition coefficient (Wildman–Crippen LogP) is 6.38. The Morgan fingerprint density at radius 1 is 1.14 bits per heavy atom. The topological polar surface area (TPSA) is 177 Å². The minimum atomic E-state index is -2.92. The van der Waals surface area contributed by atoms with Crippen molar-refractivity contribution in [2.75, 3.05) is 6.61 Å². The molecule has 1 aliphatic heterocycles. The third-order valence-corrected chi connectivity index (χ3v) is 8.68. The van der Waals surface area contributed by atoms with Crippen molar-refractivity contribution < 1.29 is 31.9 Å². The number of halogens is 5. The summed E-state index contributed by atoms with van der Waals surface area (Å²) < 4.78 is 59.3. The van der Waals surface area contributed by atoms with Crippen LogP contribution in [0.15, 0.2) is 77.0 Å². The van der Waals surface area contributed by atoms with Gasteiger partial charge in [0.2, 0.25) is 5.96 Å². The molecule has 4 rings (SSSR count). The number of hydrogen-bond donors (Lipinski definition) is 4. The predicted molar refractivity (Wildman–Crippen MR) is 186 cm³/mol. The second-order valence-electron chi connectivity index (χ2n) is 13.3. The molecule has 2 heterocycles. The lowest BCUT2D eigenvalue weighted by Crippen LogP contribution is -2.50. The molecule has 0 bridgehead atoms. The molecule has 1 aromatic heterocycles. The van der Waals surface area contributed by atoms with Crippen molar-refractivity contribution in [2.45, 2.75) is 64.7 Å². The standard InChI is InChI=1S/C34H38ClF4N9O3/c1-18(32(2,3)4)34(22-10-7-19(8-11-22)21-14-44-47(15-21)29(38)39)28(49)48(30(42)45-34)25(16-51-31(50)46-33(5,6)27(36)37)20-9-12-24(35)23(13-20)26(41)43-17-40/h7-15,17,25,27,29H,1,16H2,2-6H3,(H2,42,45)(H,46,50)(H3,40,41,43)/t25-,34-/m1/s1. The molecule has 0 unspecified atom stereocenters. The number of guanidine groups is 1. The number of aliphatic imine (C=N–C) groups is 2. The molecule has 51 heavy (non-hydrogen) atoms. The molecule has 0 radical (unpaired) electrons. The van der Waals surface area contributed by atoms with Gasteiger partial charge in [0, 0.05) is 17.3 Å². The van der Waals surface area contributed by atoms with Gasteiger partial charge in [-0.3, -0.25) is 15.1 Å². The normalized spacial score (nSPS) is 17.5. The van der Waals surface area contributed by atoms with Crippen LogP contribution in [0.1, 0.15) is 63.9 Å². The number of benzene rings is 2. The molecular formula is C34H38ClF4N9O3. The Labute approximate surface area is 296 Å². The first-order valence-corrected chi connectivity index (χ1v) is 15.8. The monoisotopic (exact) mass is 731 g/mol. The van der Waals surface area contributed by atoms with Gasteiger partial charge in [0.05, 0.1) is 22.8 Å². The first kappa shape index (κ1) is 38.6. The number of alkyl carbamates (subject to hydrolysis) is 1. The highest BCUT2D eigenvalue weighted by Crippen LogP contribution is 2.48. The Balaban J connectivity index is 1.84. The van der Waals surface area contributed by atoms with Crippen LogP contribution in [0, 0.1) is 10.8 Å². The fourth-order valence-electron chi connectivity index (χ4n) is 5.37. The van der Waals surface area contributed by atoms with E-state index in [2.05, 4.69) is 22.0 Å². The van der Waals surface area contributed by atoms with Gasteiger partial charge in [-0.05, 0) is 53.7 Å². The van der Waals surface area contributed by atoms with Crippen molar-refractivity contribution in [3.63, 3.8) is 0 Å².